The zero-order chi connectivity index (χ0) is 43.4. The quantitative estimate of drug-likeness (QED) is 0.0194. The Morgan fingerprint density at radius 1 is 0.475 bits per heavy atom. The second kappa shape index (κ2) is 37.9. The number of hydrogen-bond acceptors (Lipinski definition) is 11. The molecule has 12 nitrogen and oxygen atoms in total. The van der Waals surface area contributed by atoms with Gasteiger partial charge in [0.1, 0.15) is 42.7 Å². The number of esters is 1. The van der Waals surface area contributed by atoms with Gasteiger partial charge < -0.3 is 39.9 Å². The number of aliphatic hydroxyl groups is 5. The predicted molar refractivity (Wildman–Crippen MR) is 235 cm³/mol. The van der Waals surface area contributed by atoms with Crippen molar-refractivity contribution in [2.24, 2.45) is 0 Å². The van der Waals surface area contributed by atoms with Gasteiger partial charge in [0.25, 0.3) is 0 Å². The second-order valence-corrected chi connectivity index (χ2v) is 18.7. The van der Waals surface area contributed by atoms with E-state index in [0.717, 1.165) is 38.5 Å². The van der Waals surface area contributed by atoms with Crippen molar-refractivity contribution in [3.8, 4) is 0 Å². The third-order valence-electron chi connectivity index (χ3n) is 11.7. The Kier molecular flexibility index (Phi) is 36.2. The Labute approximate surface area is 359 Å². The van der Waals surface area contributed by atoms with E-state index in [1.165, 1.54) is 161 Å². The normalized spacial score (nSPS) is 22.4. The Balaban J connectivity index is 2.34. The van der Waals surface area contributed by atoms with Gasteiger partial charge in [-0.2, -0.15) is 0 Å². The van der Waals surface area contributed by atoms with Crippen LogP contribution >= 0.6 is 7.82 Å². The SMILES string of the molecule is CCCCCCCCCCCCCCCCCCCCCC(=O)OC(COCCCCCCCCCCCCCCC)COP(=O)(O)OC1C(O)C(O)C(O)C(O)C1O. The Bertz CT molecular complexity index is 989. The first kappa shape index (κ1) is 56.4. The summed E-state index contributed by atoms with van der Waals surface area (Å²) in [6, 6.07) is 0. The highest BCUT2D eigenvalue weighted by Crippen LogP contribution is 2.47. The summed E-state index contributed by atoms with van der Waals surface area (Å²) in [5, 5.41) is 50.2. The maximum absolute atomic E-state index is 12.8. The number of ether oxygens (including phenoxy) is 2. The third kappa shape index (κ3) is 30.1. The van der Waals surface area contributed by atoms with Crippen molar-refractivity contribution < 1.29 is 58.3 Å². The Hall–Kier alpha value is -0.660. The molecule has 6 atom stereocenters. The summed E-state index contributed by atoms with van der Waals surface area (Å²) in [5.41, 5.74) is 0. The average molecular weight is 867 g/mol. The standard InChI is InChI=1S/C46H91O12P/c1-3-5-7-9-11-13-15-17-18-19-20-21-22-23-25-27-29-31-33-35-40(47)57-39(37-55-36-34-32-30-28-26-24-16-14-12-10-8-6-4-2)38-56-59(53,54)58-46-44(51)42(49)41(48)43(50)45(46)52/h39,41-46,48-52H,3-38H2,1-2H3,(H,53,54). The van der Waals surface area contributed by atoms with Gasteiger partial charge in [-0.1, -0.05) is 206 Å². The summed E-state index contributed by atoms with van der Waals surface area (Å²) in [6.45, 7) is 4.30. The molecular formula is C46H91O12P. The minimum atomic E-state index is -5.01. The van der Waals surface area contributed by atoms with E-state index < -0.39 is 63.1 Å². The molecule has 1 aliphatic carbocycles. The zero-order valence-corrected chi connectivity index (χ0v) is 38.5. The van der Waals surface area contributed by atoms with E-state index in [2.05, 4.69) is 13.8 Å². The largest absolute Gasteiger partial charge is 0.472 e. The number of aliphatic hydroxyl groups excluding tert-OH is 5. The van der Waals surface area contributed by atoms with Crippen LogP contribution in [0.25, 0.3) is 0 Å². The fraction of sp³-hybridized carbons (Fsp3) is 0.978. The molecule has 1 rings (SSSR count). The van der Waals surface area contributed by atoms with Crippen molar-refractivity contribution in [2.45, 2.75) is 268 Å². The van der Waals surface area contributed by atoms with Crippen LogP contribution in [0.1, 0.15) is 226 Å². The van der Waals surface area contributed by atoms with Crippen LogP contribution in [0.2, 0.25) is 0 Å². The highest BCUT2D eigenvalue weighted by molar-refractivity contribution is 7.47. The molecule has 352 valence electrons. The maximum atomic E-state index is 12.8. The third-order valence-corrected chi connectivity index (χ3v) is 12.7. The lowest BCUT2D eigenvalue weighted by Gasteiger charge is -2.41. The van der Waals surface area contributed by atoms with Crippen LogP contribution in [0.5, 0.6) is 0 Å². The molecule has 0 aromatic heterocycles. The molecule has 1 aliphatic rings. The molecule has 0 bridgehead atoms. The van der Waals surface area contributed by atoms with Crippen molar-refractivity contribution in [1.29, 1.82) is 0 Å². The smallest absolute Gasteiger partial charge is 0.457 e. The number of phosphoric ester groups is 1. The van der Waals surface area contributed by atoms with Crippen molar-refractivity contribution in [2.75, 3.05) is 19.8 Å². The lowest BCUT2D eigenvalue weighted by molar-refractivity contribution is -0.220. The molecule has 0 spiro atoms. The van der Waals surface area contributed by atoms with Gasteiger partial charge >= 0.3 is 13.8 Å². The number of carbonyl (C=O) groups excluding carboxylic acids is 1. The molecule has 0 saturated heterocycles. The van der Waals surface area contributed by atoms with Crippen molar-refractivity contribution in [3.05, 3.63) is 0 Å². The first-order valence-electron chi connectivity index (χ1n) is 24.4. The van der Waals surface area contributed by atoms with Gasteiger partial charge in [0.15, 0.2) is 0 Å². The first-order chi connectivity index (χ1) is 28.5. The van der Waals surface area contributed by atoms with Gasteiger partial charge in [-0.3, -0.25) is 13.8 Å². The van der Waals surface area contributed by atoms with Crippen molar-refractivity contribution in [3.63, 3.8) is 0 Å². The summed E-state index contributed by atoms with van der Waals surface area (Å²) >= 11 is 0. The summed E-state index contributed by atoms with van der Waals surface area (Å²) in [6.07, 6.45) is 27.4. The van der Waals surface area contributed by atoms with Gasteiger partial charge in [0, 0.05) is 13.0 Å². The summed E-state index contributed by atoms with van der Waals surface area (Å²) in [4.78, 5) is 23.2. The molecule has 6 N–H and O–H groups in total. The van der Waals surface area contributed by atoms with E-state index in [-0.39, 0.29) is 13.0 Å². The minimum Gasteiger partial charge on any atom is -0.457 e. The molecular weight excluding hydrogens is 775 g/mol. The van der Waals surface area contributed by atoms with Gasteiger partial charge in [0.2, 0.25) is 0 Å². The summed E-state index contributed by atoms with van der Waals surface area (Å²) in [7, 11) is -5.01. The van der Waals surface area contributed by atoms with Crippen LogP contribution in [-0.2, 0) is 27.9 Å². The number of carbonyl (C=O) groups is 1. The van der Waals surface area contributed by atoms with Crippen LogP contribution in [-0.4, -0.2) is 98.9 Å². The second-order valence-electron chi connectivity index (χ2n) is 17.3. The maximum Gasteiger partial charge on any atom is 0.472 e. The molecule has 0 aromatic carbocycles. The molecule has 0 aromatic rings. The van der Waals surface area contributed by atoms with Gasteiger partial charge in [-0.15, -0.1) is 0 Å². The van der Waals surface area contributed by atoms with Crippen LogP contribution in [0.4, 0.5) is 0 Å². The van der Waals surface area contributed by atoms with Crippen molar-refractivity contribution in [1.82, 2.24) is 0 Å². The minimum absolute atomic E-state index is 0.0680. The summed E-state index contributed by atoms with van der Waals surface area (Å²) in [5.74, 6) is -0.470. The topological polar surface area (TPSA) is 192 Å². The zero-order valence-electron chi connectivity index (χ0n) is 37.6. The molecule has 0 radical (unpaired) electrons. The molecule has 1 fully saturated rings. The fourth-order valence-corrected chi connectivity index (χ4v) is 8.80. The van der Waals surface area contributed by atoms with E-state index in [4.69, 9.17) is 18.5 Å². The van der Waals surface area contributed by atoms with Crippen LogP contribution in [0.3, 0.4) is 0 Å². The number of rotatable bonds is 42. The average Bonchev–Trinajstić information content (AvgIpc) is 3.22. The number of unbranched alkanes of at least 4 members (excludes halogenated alkanes) is 30. The predicted octanol–water partition coefficient (Wildman–Crippen LogP) is 10.1. The Morgan fingerprint density at radius 2 is 0.797 bits per heavy atom. The number of hydrogen-bond donors (Lipinski definition) is 6. The highest BCUT2D eigenvalue weighted by atomic mass is 31.2. The fourth-order valence-electron chi connectivity index (χ4n) is 7.83. The van der Waals surface area contributed by atoms with Crippen LogP contribution in [0.15, 0.2) is 0 Å². The van der Waals surface area contributed by atoms with E-state index in [1.54, 1.807) is 0 Å². The molecule has 1 saturated carbocycles. The van der Waals surface area contributed by atoms with Crippen molar-refractivity contribution >= 4 is 13.8 Å². The van der Waals surface area contributed by atoms with Crippen LogP contribution in [0, 0.1) is 0 Å². The number of phosphoric acid groups is 1. The molecule has 13 heteroatoms. The lowest BCUT2D eigenvalue weighted by Crippen LogP contribution is -2.64. The summed E-state index contributed by atoms with van der Waals surface area (Å²) < 4.78 is 34.2. The Morgan fingerprint density at radius 3 is 1.17 bits per heavy atom. The van der Waals surface area contributed by atoms with Gasteiger partial charge in [0.05, 0.1) is 13.2 Å². The highest BCUT2D eigenvalue weighted by Gasteiger charge is 2.51. The van der Waals surface area contributed by atoms with E-state index >= 15 is 0 Å². The molecule has 0 amide bonds. The van der Waals surface area contributed by atoms with E-state index in [9.17, 15) is 39.8 Å². The van der Waals surface area contributed by atoms with Crippen LogP contribution < -0.4 is 0 Å². The monoisotopic (exact) mass is 867 g/mol. The first-order valence-corrected chi connectivity index (χ1v) is 25.9. The van der Waals surface area contributed by atoms with Gasteiger partial charge in [-0.05, 0) is 12.8 Å². The lowest BCUT2D eigenvalue weighted by atomic mass is 9.85. The van der Waals surface area contributed by atoms with E-state index in [1.807, 2.05) is 0 Å². The van der Waals surface area contributed by atoms with Gasteiger partial charge in [-0.25, -0.2) is 4.57 Å². The molecule has 0 heterocycles. The molecule has 0 aliphatic heterocycles. The van der Waals surface area contributed by atoms with E-state index in [0.29, 0.717) is 13.0 Å². The molecule has 59 heavy (non-hydrogen) atoms. The molecule has 6 unspecified atom stereocenters.